The first-order valence-corrected chi connectivity index (χ1v) is 9.36. The molecule has 0 aliphatic heterocycles. The van der Waals surface area contributed by atoms with E-state index in [-0.39, 0.29) is 12.4 Å². The molecule has 3 rings (SSSR count). The summed E-state index contributed by atoms with van der Waals surface area (Å²) in [6.45, 7) is 5.08. The van der Waals surface area contributed by atoms with Crippen LogP contribution in [0.1, 0.15) is 37.2 Å². The number of nitrogens with zero attached hydrogens (tertiary/aromatic N) is 1. The van der Waals surface area contributed by atoms with E-state index in [0.717, 1.165) is 40.2 Å². The van der Waals surface area contributed by atoms with Crippen molar-refractivity contribution in [1.82, 2.24) is 15.4 Å². The highest BCUT2D eigenvalue weighted by Crippen LogP contribution is 2.21. The van der Waals surface area contributed by atoms with Gasteiger partial charge in [0.25, 0.3) is 5.91 Å². The molecule has 7 heteroatoms. The lowest BCUT2D eigenvalue weighted by Crippen LogP contribution is -2.14. The summed E-state index contributed by atoms with van der Waals surface area (Å²) in [5.74, 6) is 1.80. The normalized spacial score (nSPS) is 11.0. The van der Waals surface area contributed by atoms with Crippen LogP contribution in [0.5, 0.6) is 5.75 Å². The maximum atomic E-state index is 11.0. The molecule has 1 heterocycles. The van der Waals surface area contributed by atoms with Crippen molar-refractivity contribution >= 4 is 35.4 Å². The average molecular weight is 416 g/mol. The predicted octanol–water partition coefficient (Wildman–Crippen LogP) is 4.52. The highest BCUT2D eigenvalue weighted by atomic mass is 35.5. The lowest BCUT2D eigenvalue weighted by atomic mass is 10.1. The van der Waals surface area contributed by atoms with Crippen LogP contribution in [0.25, 0.3) is 17.1 Å². The number of ether oxygens (including phenoxy) is 1. The molecule has 0 aliphatic carbocycles. The van der Waals surface area contributed by atoms with Gasteiger partial charge < -0.3 is 9.72 Å². The number of hydroxylamine groups is 1. The second-order valence-electron chi connectivity index (χ2n) is 7.12. The van der Waals surface area contributed by atoms with Crippen molar-refractivity contribution in [3.05, 3.63) is 65.5 Å². The largest absolute Gasteiger partial charge is 0.494 e. The fraction of sp³-hybridized carbons (Fsp3) is 0.273. The minimum absolute atomic E-state index is 0. The summed E-state index contributed by atoms with van der Waals surface area (Å²) in [4.78, 5) is 19.0. The van der Waals surface area contributed by atoms with E-state index in [4.69, 9.17) is 9.94 Å². The molecule has 0 saturated carbocycles. The van der Waals surface area contributed by atoms with Gasteiger partial charge in [-0.3, -0.25) is 10.0 Å². The third-order valence-electron chi connectivity index (χ3n) is 4.35. The Bertz CT molecular complexity index is 965. The quantitative estimate of drug-likeness (QED) is 0.287. The summed E-state index contributed by atoms with van der Waals surface area (Å²) in [5.41, 5.74) is 5.43. The number of benzene rings is 2. The molecule has 0 unspecified atom stereocenters. The minimum atomic E-state index is -0.557. The standard InChI is InChI=1S/C22H25N3O3.ClH/c1-15(2)11-12-28-18-8-9-19-20(14-18)24-21(23-19)13-17-5-3-16(4-6-17)7-10-22(26)25-27;/h3-10,14-15,27H,11-13H2,1-2H3,(H,23,24)(H,25,26);1H/b10-7+;. The highest BCUT2D eigenvalue weighted by Gasteiger charge is 2.06. The van der Waals surface area contributed by atoms with Gasteiger partial charge in [-0.25, -0.2) is 10.5 Å². The molecule has 0 spiro atoms. The zero-order valence-corrected chi connectivity index (χ0v) is 17.3. The van der Waals surface area contributed by atoms with Crippen molar-refractivity contribution < 1.29 is 14.7 Å². The summed E-state index contributed by atoms with van der Waals surface area (Å²) in [6.07, 6.45) is 4.62. The number of halogens is 1. The molecular weight excluding hydrogens is 390 g/mol. The second-order valence-corrected chi connectivity index (χ2v) is 7.12. The summed E-state index contributed by atoms with van der Waals surface area (Å²) >= 11 is 0. The lowest BCUT2D eigenvalue weighted by molar-refractivity contribution is -0.124. The average Bonchev–Trinajstić information content (AvgIpc) is 3.08. The van der Waals surface area contributed by atoms with Gasteiger partial charge in [0, 0.05) is 18.6 Å². The van der Waals surface area contributed by atoms with Crippen molar-refractivity contribution in [3.63, 3.8) is 0 Å². The van der Waals surface area contributed by atoms with Gasteiger partial charge in [-0.15, -0.1) is 12.4 Å². The number of nitrogens with one attached hydrogen (secondary N) is 2. The van der Waals surface area contributed by atoms with Crippen LogP contribution < -0.4 is 10.2 Å². The van der Waals surface area contributed by atoms with E-state index >= 15 is 0 Å². The van der Waals surface area contributed by atoms with E-state index in [0.29, 0.717) is 18.9 Å². The van der Waals surface area contributed by atoms with Crippen LogP contribution >= 0.6 is 12.4 Å². The molecule has 3 N–H and O–H groups in total. The van der Waals surface area contributed by atoms with Crippen molar-refractivity contribution in [2.45, 2.75) is 26.7 Å². The molecule has 0 fully saturated rings. The van der Waals surface area contributed by atoms with Crippen LogP contribution in [0.15, 0.2) is 48.5 Å². The number of imidazole rings is 1. The van der Waals surface area contributed by atoms with Gasteiger partial charge in [-0.05, 0) is 41.7 Å². The summed E-state index contributed by atoms with van der Waals surface area (Å²) in [7, 11) is 0. The van der Waals surface area contributed by atoms with E-state index in [1.165, 1.54) is 6.08 Å². The molecule has 0 aliphatic rings. The molecule has 154 valence electrons. The Labute approximate surface area is 176 Å². The Kier molecular flexibility index (Phi) is 8.24. The van der Waals surface area contributed by atoms with Crippen LogP contribution in [0.2, 0.25) is 0 Å². The first-order chi connectivity index (χ1) is 13.5. The number of amides is 1. The van der Waals surface area contributed by atoms with Crippen molar-refractivity contribution in [2.75, 3.05) is 6.61 Å². The van der Waals surface area contributed by atoms with Crippen LogP contribution in [0.3, 0.4) is 0 Å². The maximum absolute atomic E-state index is 11.0. The number of carbonyl (C=O) groups is 1. The maximum Gasteiger partial charge on any atom is 0.267 e. The number of hydrogen-bond donors (Lipinski definition) is 3. The topological polar surface area (TPSA) is 87.2 Å². The molecule has 0 bridgehead atoms. The molecule has 1 aromatic heterocycles. The van der Waals surface area contributed by atoms with Gasteiger partial charge in [0.2, 0.25) is 0 Å². The Morgan fingerprint density at radius 1 is 1.24 bits per heavy atom. The number of aromatic amines is 1. The van der Waals surface area contributed by atoms with Crippen molar-refractivity contribution in [2.24, 2.45) is 5.92 Å². The second kappa shape index (κ2) is 10.6. The zero-order valence-electron chi connectivity index (χ0n) is 16.5. The van der Waals surface area contributed by atoms with Crippen LogP contribution in [0, 0.1) is 5.92 Å². The molecule has 0 radical (unpaired) electrons. The van der Waals surface area contributed by atoms with Crippen LogP contribution in [-0.4, -0.2) is 27.7 Å². The molecule has 29 heavy (non-hydrogen) atoms. The minimum Gasteiger partial charge on any atom is -0.494 e. The number of fused-ring (bicyclic) bond motifs is 1. The number of H-pyrrole nitrogens is 1. The van der Waals surface area contributed by atoms with Gasteiger partial charge >= 0.3 is 0 Å². The number of rotatable bonds is 8. The van der Waals surface area contributed by atoms with E-state index in [1.54, 1.807) is 11.6 Å². The van der Waals surface area contributed by atoms with Crippen molar-refractivity contribution in [1.29, 1.82) is 0 Å². The lowest BCUT2D eigenvalue weighted by Gasteiger charge is -2.07. The van der Waals surface area contributed by atoms with Gasteiger partial charge in [0.05, 0.1) is 17.6 Å². The van der Waals surface area contributed by atoms with Crippen LogP contribution in [0.4, 0.5) is 0 Å². The summed E-state index contributed by atoms with van der Waals surface area (Å²) in [6, 6.07) is 13.7. The predicted molar refractivity (Wildman–Crippen MR) is 117 cm³/mol. The Balaban J connectivity index is 0.00000300. The Hall–Kier alpha value is -2.83. The molecular formula is C22H26ClN3O3. The third kappa shape index (κ3) is 6.62. The Morgan fingerprint density at radius 3 is 2.69 bits per heavy atom. The third-order valence-corrected chi connectivity index (χ3v) is 4.35. The molecule has 0 atom stereocenters. The summed E-state index contributed by atoms with van der Waals surface area (Å²) in [5, 5.41) is 8.49. The number of carbonyl (C=O) groups excluding carboxylic acids is 1. The summed E-state index contributed by atoms with van der Waals surface area (Å²) < 4.78 is 5.82. The SMILES string of the molecule is CC(C)CCOc1ccc2nc(Cc3ccc(/C=C/C(=O)NO)cc3)[nH]c2c1.Cl. The van der Waals surface area contributed by atoms with E-state index in [9.17, 15) is 4.79 Å². The fourth-order valence-corrected chi connectivity index (χ4v) is 2.78. The first kappa shape index (κ1) is 22.5. The molecule has 0 saturated heterocycles. The number of aromatic nitrogens is 2. The van der Waals surface area contributed by atoms with Crippen molar-refractivity contribution in [3.8, 4) is 5.75 Å². The number of hydrogen-bond acceptors (Lipinski definition) is 4. The first-order valence-electron chi connectivity index (χ1n) is 9.36. The van der Waals surface area contributed by atoms with E-state index in [2.05, 4.69) is 23.8 Å². The molecule has 6 nitrogen and oxygen atoms in total. The van der Waals surface area contributed by atoms with Crippen LogP contribution in [-0.2, 0) is 11.2 Å². The van der Waals surface area contributed by atoms with Gasteiger partial charge in [-0.2, -0.15) is 0 Å². The van der Waals surface area contributed by atoms with Gasteiger partial charge in [-0.1, -0.05) is 38.1 Å². The zero-order chi connectivity index (χ0) is 19.9. The smallest absolute Gasteiger partial charge is 0.267 e. The molecule has 3 aromatic rings. The van der Waals surface area contributed by atoms with Gasteiger partial charge in [0.1, 0.15) is 11.6 Å². The Morgan fingerprint density at radius 2 is 2.00 bits per heavy atom. The van der Waals surface area contributed by atoms with E-state index in [1.807, 2.05) is 42.5 Å². The van der Waals surface area contributed by atoms with Gasteiger partial charge in [0.15, 0.2) is 0 Å². The monoisotopic (exact) mass is 415 g/mol. The molecule has 1 amide bonds. The highest BCUT2D eigenvalue weighted by molar-refractivity contribution is 5.90. The van der Waals surface area contributed by atoms with E-state index < -0.39 is 5.91 Å². The fourth-order valence-electron chi connectivity index (χ4n) is 2.78. The molecule has 2 aromatic carbocycles.